The third-order valence-electron chi connectivity index (χ3n) is 9.12. The molecule has 0 fully saturated rings. The maximum absolute atomic E-state index is 5.32. The Kier molecular flexibility index (Phi) is 5.16. The average molecular weight is 592 g/mol. The van der Waals surface area contributed by atoms with Crippen LogP contribution < -0.4 is 0 Å². The van der Waals surface area contributed by atoms with Crippen LogP contribution in [-0.4, -0.2) is 14.1 Å². The molecule has 0 atom stereocenters. The largest absolute Gasteiger partial charge is 0.309 e. The molecule has 0 unspecified atom stereocenters. The smallest absolute Gasteiger partial charge is 0.138 e. The van der Waals surface area contributed by atoms with Crippen LogP contribution in [0, 0.1) is 0 Å². The highest BCUT2D eigenvalue weighted by Crippen LogP contribution is 2.42. The third kappa shape index (κ3) is 3.54. The van der Waals surface area contributed by atoms with Crippen LogP contribution in [0.1, 0.15) is 0 Å². The lowest BCUT2D eigenvalue weighted by molar-refractivity contribution is 1.08. The van der Waals surface area contributed by atoms with Crippen molar-refractivity contribution in [3.8, 4) is 22.8 Å². The first-order valence-corrected chi connectivity index (χ1v) is 16.0. The Hall–Kier alpha value is -5.71. The molecule has 45 heavy (non-hydrogen) atoms. The van der Waals surface area contributed by atoms with E-state index in [-0.39, 0.29) is 0 Å². The van der Waals surface area contributed by atoms with Crippen LogP contribution in [0.15, 0.2) is 152 Å². The van der Waals surface area contributed by atoms with Crippen molar-refractivity contribution in [1.29, 1.82) is 0 Å². The van der Waals surface area contributed by atoms with Gasteiger partial charge >= 0.3 is 0 Å². The highest BCUT2D eigenvalue weighted by atomic mass is 32.1. The van der Waals surface area contributed by atoms with Crippen LogP contribution in [0.4, 0.5) is 0 Å². The number of rotatable bonds is 3. The van der Waals surface area contributed by atoms with E-state index in [0.29, 0.717) is 0 Å². The number of aromatic nitrogens is 3. The summed E-state index contributed by atoms with van der Waals surface area (Å²) in [6.45, 7) is 0. The van der Waals surface area contributed by atoms with Gasteiger partial charge < -0.3 is 4.57 Å². The molecule has 0 bridgehead atoms. The first-order valence-electron chi connectivity index (χ1n) is 15.2. The first-order chi connectivity index (χ1) is 22.3. The molecule has 0 saturated heterocycles. The van der Waals surface area contributed by atoms with Gasteiger partial charge in [-0.15, -0.1) is 11.3 Å². The van der Waals surface area contributed by atoms with E-state index in [1.54, 1.807) is 0 Å². The second-order valence-electron chi connectivity index (χ2n) is 11.6. The zero-order valence-electron chi connectivity index (χ0n) is 24.2. The van der Waals surface area contributed by atoms with Gasteiger partial charge in [-0.05, 0) is 60.7 Å². The van der Waals surface area contributed by atoms with Gasteiger partial charge in [-0.2, -0.15) is 0 Å². The van der Waals surface area contributed by atoms with Crippen molar-refractivity contribution in [3.63, 3.8) is 0 Å². The molecule has 0 N–H and O–H groups in total. The monoisotopic (exact) mass is 591 g/mol. The van der Waals surface area contributed by atoms with Crippen LogP contribution in [0.25, 0.3) is 86.5 Å². The number of hydrogen-bond acceptors (Lipinski definition) is 2. The maximum Gasteiger partial charge on any atom is 0.138 e. The van der Waals surface area contributed by atoms with E-state index < -0.39 is 0 Å². The molecule has 0 aliphatic carbocycles. The minimum absolute atomic E-state index is 0.913. The van der Waals surface area contributed by atoms with Gasteiger partial charge in [0.25, 0.3) is 0 Å². The fourth-order valence-corrected chi connectivity index (χ4v) is 8.28. The molecule has 0 aliphatic rings. The lowest BCUT2D eigenvalue weighted by atomic mass is 10.1. The van der Waals surface area contributed by atoms with E-state index in [4.69, 9.17) is 4.98 Å². The Balaban J connectivity index is 1.26. The summed E-state index contributed by atoms with van der Waals surface area (Å²) < 4.78 is 7.37. The number of fused-ring (bicyclic) bond motifs is 10. The van der Waals surface area contributed by atoms with Gasteiger partial charge in [-0.1, -0.05) is 91.0 Å². The van der Waals surface area contributed by atoms with Crippen molar-refractivity contribution < 1.29 is 0 Å². The quantitative estimate of drug-likeness (QED) is 0.200. The van der Waals surface area contributed by atoms with Gasteiger partial charge in [0, 0.05) is 53.0 Å². The van der Waals surface area contributed by atoms with Crippen LogP contribution in [0.2, 0.25) is 0 Å². The SMILES string of the molecule is c1ccc(-n2c3ccccc3c3ccc4c(c5ccccc5n4-c4cccc(-c5ccc6sc7ccccc7c6c5)n4)c32)cc1. The summed E-state index contributed by atoms with van der Waals surface area (Å²) in [5.41, 5.74) is 7.97. The fraction of sp³-hybridized carbons (Fsp3) is 0. The van der Waals surface area contributed by atoms with Gasteiger partial charge in [-0.25, -0.2) is 4.98 Å². The molecular weight excluding hydrogens is 567 g/mol. The minimum atomic E-state index is 0.913. The molecule has 6 aromatic carbocycles. The molecule has 10 aromatic rings. The summed E-state index contributed by atoms with van der Waals surface area (Å²) >= 11 is 1.84. The Bertz CT molecular complexity index is 2760. The number of benzene rings is 6. The van der Waals surface area contributed by atoms with Crippen molar-refractivity contribution in [2.45, 2.75) is 0 Å². The van der Waals surface area contributed by atoms with Gasteiger partial charge in [0.05, 0.1) is 27.8 Å². The molecule has 210 valence electrons. The van der Waals surface area contributed by atoms with E-state index in [2.05, 4.69) is 161 Å². The molecule has 0 aliphatic heterocycles. The topological polar surface area (TPSA) is 22.8 Å². The summed E-state index contributed by atoms with van der Waals surface area (Å²) in [7, 11) is 0. The maximum atomic E-state index is 5.32. The van der Waals surface area contributed by atoms with Crippen molar-refractivity contribution in [3.05, 3.63) is 152 Å². The lowest BCUT2D eigenvalue weighted by Gasteiger charge is -2.10. The summed E-state index contributed by atoms with van der Waals surface area (Å²) in [6.07, 6.45) is 0. The Morgan fingerprint density at radius 1 is 0.444 bits per heavy atom. The second-order valence-corrected chi connectivity index (χ2v) is 12.7. The summed E-state index contributed by atoms with van der Waals surface area (Å²) in [5, 5.41) is 7.55. The molecule has 10 rings (SSSR count). The van der Waals surface area contributed by atoms with Gasteiger partial charge in [0.1, 0.15) is 5.82 Å². The minimum Gasteiger partial charge on any atom is -0.309 e. The molecule has 4 heteroatoms. The normalized spacial score (nSPS) is 12.0. The number of para-hydroxylation sites is 3. The Labute approximate surface area is 262 Å². The molecule has 3 nitrogen and oxygen atoms in total. The predicted molar refractivity (Wildman–Crippen MR) is 191 cm³/mol. The number of nitrogens with zero attached hydrogens (tertiary/aromatic N) is 3. The Morgan fingerprint density at radius 3 is 2.02 bits per heavy atom. The van der Waals surface area contributed by atoms with Gasteiger partial charge in [0.2, 0.25) is 0 Å². The van der Waals surface area contributed by atoms with Crippen molar-refractivity contribution >= 4 is 75.1 Å². The average Bonchev–Trinajstić information content (AvgIpc) is 3.76. The first kappa shape index (κ1) is 24.7. The summed E-state index contributed by atoms with van der Waals surface area (Å²) in [5.74, 6) is 0.913. The number of pyridine rings is 1. The van der Waals surface area contributed by atoms with E-state index in [0.717, 1.165) is 33.8 Å². The highest BCUT2D eigenvalue weighted by molar-refractivity contribution is 7.25. The second kappa shape index (κ2) is 9.39. The van der Waals surface area contributed by atoms with Gasteiger partial charge in [-0.3, -0.25) is 4.57 Å². The van der Waals surface area contributed by atoms with E-state index in [1.165, 1.54) is 52.8 Å². The molecule has 0 saturated carbocycles. The van der Waals surface area contributed by atoms with Gasteiger partial charge in [0.15, 0.2) is 0 Å². The zero-order chi connectivity index (χ0) is 29.5. The Morgan fingerprint density at radius 2 is 1.16 bits per heavy atom. The van der Waals surface area contributed by atoms with Crippen LogP contribution >= 0.6 is 11.3 Å². The van der Waals surface area contributed by atoms with E-state index in [9.17, 15) is 0 Å². The zero-order valence-corrected chi connectivity index (χ0v) is 25.0. The molecule has 4 aromatic heterocycles. The number of hydrogen-bond donors (Lipinski definition) is 0. The molecular formula is C41H25N3S. The molecule has 4 heterocycles. The standard InChI is InChI=1S/C41H25N3S/c1-2-11-27(12-3-1)43-34-17-7-4-13-28(34)30-22-23-36-40(41(30)43)31-15-5-8-18-35(31)44(36)39-20-10-16-33(42-39)26-21-24-38-32(25-26)29-14-6-9-19-37(29)45-38/h1-25H. The molecule has 0 spiro atoms. The van der Waals surface area contributed by atoms with Crippen LogP contribution in [-0.2, 0) is 0 Å². The van der Waals surface area contributed by atoms with Crippen molar-refractivity contribution in [1.82, 2.24) is 14.1 Å². The van der Waals surface area contributed by atoms with Crippen molar-refractivity contribution in [2.75, 3.05) is 0 Å². The van der Waals surface area contributed by atoms with E-state index >= 15 is 0 Å². The molecule has 0 radical (unpaired) electrons. The third-order valence-corrected chi connectivity index (χ3v) is 10.3. The lowest BCUT2D eigenvalue weighted by Crippen LogP contribution is -1.98. The predicted octanol–water partition coefficient (Wildman–Crippen LogP) is 11.3. The molecule has 0 amide bonds. The van der Waals surface area contributed by atoms with E-state index in [1.807, 2.05) is 11.3 Å². The van der Waals surface area contributed by atoms with Crippen LogP contribution in [0.3, 0.4) is 0 Å². The summed E-state index contributed by atoms with van der Waals surface area (Å²) in [6, 6.07) is 54.5. The van der Waals surface area contributed by atoms with Crippen LogP contribution in [0.5, 0.6) is 0 Å². The fourth-order valence-electron chi connectivity index (χ4n) is 7.19. The summed E-state index contributed by atoms with van der Waals surface area (Å²) in [4.78, 5) is 5.32. The number of thiophene rings is 1. The highest BCUT2D eigenvalue weighted by Gasteiger charge is 2.21. The van der Waals surface area contributed by atoms with Crippen molar-refractivity contribution in [2.24, 2.45) is 0 Å².